The molecule has 0 spiro atoms. The van der Waals surface area contributed by atoms with Gasteiger partial charge in [-0.25, -0.2) is 9.59 Å². The molecule has 0 aliphatic rings. The molecule has 0 saturated heterocycles. The molecule has 2 rings (SSSR count). The molecule has 0 bridgehead atoms. The summed E-state index contributed by atoms with van der Waals surface area (Å²) in [5.74, 6) is -1.13. The number of urea groups is 1. The minimum Gasteiger partial charge on any atom is -0.479 e. The first-order valence-corrected chi connectivity index (χ1v) is 5.88. The van der Waals surface area contributed by atoms with Crippen LogP contribution < -0.4 is 10.6 Å². The molecule has 0 aliphatic carbocycles. The quantitative estimate of drug-likeness (QED) is 0.763. The third-order valence-electron chi connectivity index (χ3n) is 2.58. The number of carboxylic acids is 1. The van der Waals surface area contributed by atoms with Gasteiger partial charge in [0.15, 0.2) is 6.04 Å². The Labute approximate surface area is 114 Å². The van der Waals surface area contributed by atoms with E-state index in [-0.39, 0.29) is 6.54 Å². The van der Waals surface area contributed by atoms with Crippen LogP contribution in [0.1, 0.15) is 17.3 Å². The second-order valence-corrected chi connectivity index (χ2v) is 4.00. The number of rotatable bonds is 5. The van der Waals surface area contributed by atoms with Gasteiger partial charge < -0.3 is 20.3 Å². The molecule has 7 heteroatoms. The second kappa shape index (κ2) is 6.37. The maximum atomic E-state index is 11.7. The Bertz CT molecular complexity index is 569. The highest BCUT2D eigenvalue weighted by Gasteiger charge is 2.21. The minimum atomic E-state index is -1.13. The summed E-state index contributed by atoms with van der Waals surface area (Å²) in [6.07, 6.45) is 1.39. The lowest BCUT2D eigenvalue weighted by Crippen LogP contribution is -2.40. The van der Waals surface area contributed by atoms with Crippen LogP contribution in [0.3, 0.4) is 0 Å². The smallest absolute Gasteiger partial charge is 0.330 e. The maximum absolute atomic E-state index is 11.7. The SMILES string of the molecule is O=C(NCc1ccon1)N[C@@H](C(=O)O)c1ccccc1. The number of aliphatic carboxylic acids is 1. The third kappa shape index (κ3) is 3.58. The highest BCUT2D eigenvalue weighted by molar-refractivity contribution is 5.83. The molecule has 1 atom stereocenters. The number of hydrogen-bond donors (Lipinski definition) is 3. The highest BCUT2D eigenvalue weighted by Crippen LogP contribution is 2.12. The van der Waals surface area contributed by atoms with Gasteiger partial charge in [-0.3, -0.25) is 0 Å². The summed E-state index contributed by atoms with van der Waals surface area (Å²) in [5.41, 5.74) is 1.04. The first kappa shape index (κ1) is 13.6. The molecular formula is C13H13N3O4. The first-order chi connectivity index (χ1) is 9.66. The van der Waals surface area contributed by atoms with Gasteiger partial charge in [-0.05, 0) is 5.56 Å². The van der Waals surface area contributed by atoms with Crippen LogP contribution >= 0.6 is 0 Å². The number of amides is 2. The zero-order valence-corrected chi connectivity index (χ0v) is 10.4. The average molecular weight is 275 g/mol. The lowest BCUT2D eigenvalue weighted by molar-refractivity contribution is -0.139. The lowest BCUT2D eigenvalue weighted by Gasteiger charge is -2.15. The van der Waals surface area contributed by atoms with E-state index in [1.807, 2.05) is 0 Å². The molecule has 1 heterocycles. The molecule has 0 aliphatic heterocycles. The molecule has 2 amide bonds. The van der Waals surface area contributed by atoms with E-state index in [2.05, 4.69) is 20.3 Å². The molecule has 2 aromatic rings. The number of hydrogen-bond acceptors (Lipinski definition) is 4. The van der Waals surface area contributed by atoms with Crippen molar-refractivity contribution in [3.63, 3.8) is 0 Å². The molecule has 3 N–H and O–H groups in total. The van der Waals surface area contributed by atoms with Crippen molar-refractivity contribution in [2.45, 2.75) is 12.6 Å². The van der Waals surface area contributed by atoms with Crippen molar-refractivity contribution in [1.29, 1.82) is 0 Å². The molecule has 20 heavy (non-hydrogen) atoms. The van der Waals surface area contributed by atoms with Gasteiger partial charge >= 0.3 is 12.0 Å². The van der Waals surface area contributed by atoms with Crippen molar-refractivity contribution in [1.82, 2.24) is 15.8 Å². The van der Waals surface area contributed by atoms with Crippen LogP contribution in [0, 0.1) is 0 Å². The van der Waals surface area contributed by atoms with Crippen LogP contribution in [-0.2, 0) is 11.3 Å². The fraction of sp³-hybridized carbons (Fsp3) is 0.154. The number of benzene rings is 1. The van der Waals surface area contributed by atoms with E-state index in [9.17, 15) is 9.59 Å². The number of aromatic nitrogens is 1. The Hall–Kier alpha value is -2.83. The predicted molar refractivity (Wildman–Crippen MR) is 68.7 cm³/mol. The number of carboxylic acid groups (broad SMARTS) is 1. The Morgan fingerprint density at radius 1 is 1.25 bits per heavy atom. The molecule has 0 unspecified atom stereocenters. The van der Waals surface area contributed by atoms with Crippen molar-refractivity contribution >= 4 is 12.0 Å². The van der Waals surface area contributed by atoms with E-state index < -0.39 is 18.0 Å². The van der Waals surface area contributed by atoms with Crippen molar-refractivity contribution < 1.29 is 19.2 Å². The van der Waals surface area contributed by atoms with E-state index in [1.165, 1.54) is 6.26 Å². The standard InChI is InChI=1S/C13H13N3O4/c17-12(18)11(9-4-2-1-3-5-9)15-13(19)14-8-10-6-7-20-16-10/h1-7,11H,8H2,(H,17,18)(H2,14,15,19)/t11-/m1/s1. The van der Waals surface area contributed by atoms with Crippen molar-refractivity contribution in [3.8, 4) is 0 Å². The second-order valence-electron chi connectivity index (χ2n) is 4.00. The Morgan fingerprint density at radius 3 is 2.60 bits per heavy atom. The van der Waals surface area contributed by atoms with Gasteiger partial charge in [0, 0.05) is 6.07 Å². The maximum Gasteiger partial charge on any atom is 0.330 e. The summed E-state index contributed by atoms with van der Waals surface area (Å²) in [4.78, 5) is 22.9. The molecule has 104 valence electrons. The summed E-state index contributed by atoms with van der Waals surface area (Å²) in [6, 6.07) is 8.37. The van der Waals surface area contributed by atoms with Gasteiger partial charge in [0.2, 0.25) is 0 Å². The van der Waals surface area contributed by atoms with Crippen LogP contribution in [0.15, 0.2) is 47.2 Å². The number of carbonyl (C=O) groups is 2. The normalized spacial score (nSPS) is 11.6. The van der Waals surface area contributed by atoms with E-state index in [1.54, 1.807) is 36.4 Å². The van der Waals surface area contributed by atoms with E-state index in [4.69, 9.17) is 5.11 Å². The van der Waals surface area contributed by atoms with Crippen LogP contribution in [-0.4, -0.2) is 22.3 Å². The van der Waals surface area contributed by atoms with Gasteiger partial charge in [-0.1, -0.05) is 35.5 Å². The fourth-order valence-corrected chi connectivity index (χ4v) is 1.61. The molecule has 0 radical (unpaired) electrons. The molecule has 1 aromatic carbocycles. The minimum absolute atomic E-state index is 0.156. The number of nitrogens with one attached hydrogen (secondary N) is 2. The van der Waals surface area contributed by atoms with Crippen LogP contribution in [0.4, 0.5) is 4.79 Å². The monoisotopic (exact) mass is 275 g/mol. The summed E-state index contributed by atoms with van der Waals surface area (Å²) < 4.78 is 4.62. The van der Waals surface area contributed by atoms with E-state index in [0.717, 1.165) is 0 Å². The van der Waals surface area contributed by atoms with Crippen molar-refractivity contribution in [2.75, 3.05) is 0 Å². The molecule has 0 saturated carbocycles. The van der Waals surface area contributed by atoms with E-state index >= 15 is 0 Å². The molecule has 0 fully saturated rings. The van der Waals surface area contributed by atoms with Gasteiger partial charge in [-0.15, -0.1) is 0 Å². The third-order valence-corrected chi connectivity index (χ3v) is 2.58. The topological polar surface area (TPSA) is 104 Å². The van der Waals surface area contributed by atoms with Crippen LogP contribution in [0.2, 0.25) is 0 Å². The summed E-state index contributed by atoms with van der Waals surface area (Å²) >= 11 is 0. The zero-order valence-electron chi connectivity index (χ0n) is 10.4. The van der Waals surface area contributed by atoms with Crippen molar-refractivity contribution in [2.24, 2.45) is 0 Å². The zero-order chi connectivity index (χ0) is 14.4. The van der Waals surface area contributed by atoms with Gasteiger partial charge in [0.05, 0.1) is 6.54 Å². The average Bonchev–Trinajstić information content (AvgIpc) is 2.96. The van der Waals surface area contributed by atoms with Crippen molar-refractivity contribution in [3.05, 3.63) is 53.9 Å². The largest absolute Gasteiger partial charge is 0.479 e. The van der Waals surface area contributed by atoms with Gasteiger partial charge in [0.1, 0.15) is 12.0 Å². The fourth-order valence-electron chi connectivity index (χ4n) is 1.61. The van der Waals surface area contributed by atoms with Crippen LogP contribution in [0.25, 0.3) is 0 Å². The number of carbonyl (C=O) groups excluding carboxylic acids is 1. The Balaban J connectivity index is 1.95. The van der Waals surface area contributed by atoms with Gasteiger partial charge in [-0.2, -0.15) is 0 Å². The summed E-state index contributed by atoms with van der Waals surface area (Å²) in [5, 5.41) is 17.7. The van der Waals surface area contributed by atoms with Crippen LogP contribution in [0.5, 0.6) is 0 Å². The summed E-state index contributed by atoms with van der Waals surface area (Å²) in [7, 11) is 0. The Morgan fingerprint density at radius 2 is 2.00 bits per heavy atom. The molecule has 1 aromatic heterocycles. The summed E-state index contributed by atoms with van der Waals surface area (Å²) in [6.45, 7) is 0.156. The predicted octanol–water partition coefficient (Wildman–Crippen LogP) is 1.30. The lowest BCUT2D eigenvalue weighted by atomic mass is 10.1. The first-order valence-electron chi connectivity index (χ1n) is 5.88. The van der Waals surface area contributed by atoms with E-state index in [0.29, 0.717) is 11.3 Å². The van der Waals surface area contributed by atoms with Gasteiger partial charge in [0.25, 0.3) is 0 Å². The molecular weight excluding hydrogens is 262 g/mol. The molecule has 7 nitrogen and oxygen atoms in total. The Kier molecular flexibility index (Phi) is 4.33. The number of nitrogens with zero attached hydrogens (tertiary/aromatic N) is 1. The highest BCUT2D eigenvalue weighted by atomic mass is 16.5.